The molecule has 0 N–H and O–H groups in total. The number of hydrogen-bond acceptors (Lipinski definition) is 2. The van der Waals surface area contributed by atoms with Crippen molar-refractivity contribution in [2.45, 2.75) is 59.4 Å². The van der Waals surface area contributed by atoms with Crippen LogP contribution in [0, 0.1) is 5.92 Å². The Balaban J connectivity index is 2.52. The number of nitrogens with zero attached hydrogens (tertiary/aromatic N) is 2. The maximum absolute atomic E-state index is 5.99. The molecule has 0 saturated carbocycles. The standard InChI is InChI=1S/C14H24N2O/c1-5-15-14-16(10(2)3)12-8-6-7-11(4)9-13(12)17-14/h10-11H,5-9H2,1-4H3. The molecule has 1 aliphatic rings. The molecule has 1 aromatic heterocycles. The van der Waals surface area contributed by atoms with E-state index in [0.717, 1.165) is 31.0 Å². The highest BCUT2D eigenvalue weighted by Crippen LogP contribution is 2.25. The van der Waals surface area contributed by atoms with Gasteiger partial charge in [0, 0.05) is 19.0 Å². The molecule has 0 spiro atoms. The van der Waals surface area contributed by atoms with Crippen LogP contribution < -0.4 is 5.68 Å². The predicted molar refractivity (Wildman–Crippen MR) is 69.0 cm³/mol. The van der Waals surface area contributed by atoms with E-state index in [1.165, 1.54) is 24.3 Å². The zero-order valence-corrected chi connectivity index (χ0v) is 11.5. The fourth-order valence-electron chi connectivity index (χ4n) is 2.70. The highest BCUT2D eigenvalue weighted by Gasteiger charge is 2.22. The third-order valence-electron chi connectivity index (χ3n) is 3.49. The van der Waals surface area contributed by atoms with Crippen LogP contribution in [0.5, 0.6) is 0 Å². The van der Waals surface area contributed by atoms with Crippen molar-refractivity contribution in [3.05, 3.63) is 17.1 Å². The maximum atomic E-state index is 5.99. The molecule has 1 unspecified atom stereocenters. The van der Waals surface area contributed by atoms with Crippen molar-refractivity contribution in [3.8, 4) is 0 Å². The molecule has 0 aliphatic heterocycles. The summed E-state index contributed by atoms with van der Waals surface area (Å²) in [5.74, 6) is 1.91. The van der Waals surface area contributed by atoms with Crippen LogP contribution in [0.1, 0.15) is 58.0 Å². The van der Waals surface area contributed by atoms with Gasteiger partial charge in [0.2, 0.25) is 0 Å². The van der Waals surface area contributed by atoms with E-state index in [-0.39, 0.29) is 0 Å². The van der Waals surface area contributed by atoms with Crippen molar-refractivity contribution in [2.24, 2.45) is 10.9 Å². The van der Waals surface area contributed by atoms with Crippen LogP contribution in [-0.4, -0.2) is 11.1 Å². The average molecular weight is 236 g/mol. The zero-order valence-electron chi connectivity index (χ0n) is 11.5. The maximum Gasteiger partial charge on any atom is 0.297 e. The van der Waals surface area contributed by atoms with Gasteiger partial charge < -0.3 is 4.42 Å². The van der Waals surface area contributed by atoms with Gasteiger partial charge in [-0.2, -0.15) is 0 Å². The molecule has 3 heteroatoms. The summed E-state index contributed by atoms with van der Waals surface area (Å²) in [7, 11) is 0. The summed E-state index contributed by atoms with van der Waals surface area (Å²) in [4.78, 5) is 4.48. The van der Waals surface area contributed by atoms with Crippen LogP contribution in [0.25, 0.3) is 0 Å². The van der Waals surface area contributed by atoms with Crippen molar-refractivity contribution in [3.63, 3.8) is 0 Å². The number of hydrogen-bond donors (Lipinski definition) is 0. The van der Waals surface area contributed by atoms with E-state index in [1.54, 1.807) is 0 Å². The number of oxazole rings is 1. The number of fused-ring (bicyclic) bond motifs is 1. The lowest BCUT2D eigenvalue weighted by Gasteiger charge is -2.10. The van der Waals surface area contributed by atoms with Crippen LogP contribution >= 0.6 is 0 Å². The van der Waals surface area contributed by atoms with Crippen molar-refractivity contribution in [1.29, 1.82) is 0 Å². The van der Waals surface area contributed by atoms with Crippen molar-refractivity contribution < 1.29 is 4.42 Å². The second-order valence-corrected chi connectivity index (χ2v) is 5.39. The summed E-state index contributed by atoms with van der Waals surface area (Å²) < 4.78 is 8.27. The largest absolute Gasteiger partial charge is 0.428 e. The minimum Gasteiger partial charge on any atom is -0.428 e. The monoisotopic (exact) mass is 236 g/mol. The molecule has 0 bridgehead atoms. The van der Waals surface area contributed by atoms with Gasteiger partial charge in [0.25, 0.3) is 5.68 Å². The van der Waals surface area contributed by atoms with E-state index < -0.39 is 0 Å². The first-order chi connectivity index (χ1) is 8.13. The lowest BCUT2D eigenvalue weighted by molar-refractivity contribution is 0.387. The molecule has 1 aliphatic carbocycles. The second kappa shape index (κ2) is 5.11. The van der Waals surface area contributed by atoms with Gasteiger partial charge in [0.05, 0.1) is 5.69 Å². The first kappa shape index (κ1) is 12.5. The lowest BCUT2D eigenvalue weighted by atomic mass is 10.0. The van der Waals surface area contributed by atoms with Gasteiger partial charge in [-0.1, -0.05) is 6.92 Å². The summed E-state index contributed by atoms with van der Waals surface area (Å²) in [6, 6.07) is 0.432. The Morgan fingerprint density at radius 2 is 2.24 bits per heavy atom. The van der Waals surface area contributed by atoms with Gasteiger partial charge in [-0.3, -0.25) is 4.57 Å². The molecule has 2 rings (SSSR count). The fourth-order valence-corrected chi connectivity index (χ4v) is 2.70. The molecule has 96 valence electrons. The van der Waals surface area contributed by atoms with Gasteiger partial charge >= 0.3 is 0 Å². The second-order valence-electron chi connectivity index (χ2n) is 5.39. The molecule has 1 atom stereocenters. The smallest absolute Gasteiger partial charge is 0.297 e. The molecule has 0 amide bonds. The molecule has 0 fully saturated rings. The molecule has 1 heterocycles. The van der Waals surface area contributed by atoms with E-state index in [0.29, 0.717) is 6.04 Å². The first-order valence-corrected chi connectivity index (χ1v) is 6.87. The summed E-state index contributed by atoms with van der Waals surface area (Å²) in [6.07, 6.45) is 4.79. The Hall–Kier alpha value is -0.990. The van der Waals surface area contributed by atoms with Gasteiger partial charge in [-0.05, 0) is 46.0 Å². The van der Waals surface area contributed by atoms with Crippen LogP contribution in [0.2, 0.25) is 0 Å². The zero-order chi connectivity index (χ0) is 12.4. The van der Waals surface area contributed by atoms with E-state index in [2.05, 4.69) is 37.3 Å². The Kier molecular flexibility index (Phi) is 3.75. The van der Waals surface area contributed by atoms with Gasteiger partial charge in [-0.25, -0.2) is 4.99 Å². The van der Waals surface area contributed by atoms with Gasteiger partial charge in [-0.15, -0.1) is 0 Å². The molecule has 0 aromatic carbocycles. The molecular formula is C14H24N2O. The highest BCUT2D eigenvalue weighted by molar-refractivity contribution is 5.13. The van der Waals surface area contributed by atoms with E-state index in [4.69, 9.17) is 4.42 Å². The summed E-state index contributed by atoms with van der Waals surface area (Å²) >= 11 is 0. The molecule has 3 nitrogen and oxygen atoms in total. The molecular weight excluding hydrogens is 212 g/mol. The molecule has 1 aromatic rings. The van der Waals surface area contributed by atoms with Crippen LogP contribution in [0.3, 0.4) is 0 Å². The van der Waals surface area contributed by atoms with E-state index in [9.17, 15) is 0 Å². The average Bonchev–Trinajstić information content (AvgIpc) is 2.47. The predicted octanol–water partition coefficient (Wildman–Crippen LogP) is 3.10. The highest BCUT2D eigenvalue weighted by atomic mass is 16.4. The summed E-state index contributed by atoms with van der Waals surface area (Å²) in [5, 5.41) is 0. The normalized spacial score (nSPS) is 21.7. The quantitative estimate of drug-likeness (QED) is 0.726. The Labute approximate surface area is 104 Å². The Morgan fingerprint density at radius 3 is 2.88 bits per heavy atom. The topological polar surface area (TPSA) is 30.4 Å². The van der Waals surface area contributed by atoms with Crippen LogP contribution in [0.15, 0.2) is 9.41 Å². The summed E-state index contributed by atoms with van der Waals surface area (Å²) in [5.41, 5.74) is 2.21. The minimum absolute atomic E-state index is 0.432. The number of rotatable bonds is 2. The van der Waals surface area contributed by atoms with Crippen LogP contribution in [-0.2, 0) is 12.8 Å². The summed E-state index contributed by atoms with van der Waals surface area (Å²) in [6.45, 7) is 9.57. The van der Waals surface area contributed by atoms with Crippen molar-refractivity contribution >= 4 is 0 Å². The number of aromatic nitrogens is 1. The Bertz CT molecular complexity index is 440. The fraction of sp³-hybridized carbons (Fsp3) is 0.786. The van der Waals surface area contributed by atoms with E-state index >= 15 is 0 Å². The van der Waals surface area contributed by atoms with Crippen molar-refractivity contribution in [2.75, 3.05) is 6.54 Å². The molecule has 0 radical (unpaired) electrons. The lowest BCUT2D eigenvalue weighted by Crippen LogP contribution is -2.21. The van der Waals surface area contributed by atoms with Crippen molar-refractivity contribution in [1.82, 2.24) is 4.57 Å². The SMILES string of the molecule is CCN=c1oc2c(n1C(C)C)CCCC(C)C2. The van der Waals surface area contributed by atoms with Gasteiger partial charge in [0.15, 0.2) is 0 Å². The van der Waals surface area contributed by atoms with E-state index in [1.807, 2.05) is 0 Å². The first-order valence-electron chi connectivity index (χ1n) is 6.87. The van der Waals surface area contributed by atoms with Crippen LogP contribution in [0.4, 0.5) is 0 Å². The Morgan fingerprint density at radius 1 is 1.47 bits per heavy atom. The third-order valence-corrected chi connectivity index (χ3v) is 3.49. The minimum atomic E-state index is 0.432. The molecule has 0 saturated heterocycles. The van der Waals surface area contributed by atoms with Gasteiger partial charge in [0.1, 0.15) is 5.76 Å². The third kappa shape index (κ3) is 2.48. The molecule has 17 heavy (non-hydrogen) atoms.